The molecule has 2 nitrogen and oxygen atoms in total. The Bertz CT molecular complexity index is 2080. The van der Waals surface area contributed by atoms with Crippen LogP contribution in [-0.2, 0) is 0 Å². The van der Waals surface area contributed by atoms with Crippen LogP contribution < -0.4 is 9.47 Å². The molecule has 0 bridgehead atoms. The monoisotopic (exact) mass is 542 g/mol. The molecule has 0 radical (unpaired) electrons. The Morgan fingerprint density at radius 3 is 1.55 bits per heavy atom. The lowest BCUT2D eigenvalue weighted by Crippen LogP contribution is -1.95. The van der Waals surface area contributed by atoms with Crippen molar-refractivity contribution in [3.05, 3.63) is 131 Å². The molecule has 0 spiro atoms. The fraction of sp³-hybridized carbons (Fsp3) is 0.100. The smallest absolute Gasteiger partial charge is 0.136 e. The van der Waals surface area contributed by atoms with Crippen molar-refractivity contribution >= 4 is 21.5 Å². The number of hydrogen-bond donors (Lipinski definition) is 0. The van der Waals surface area contributed by atoms with E-state index in [4.69, 9.17) is 9.47 Å². The van der Waals surface area contributed by atoms with Crippen molar-refractivity contribution < 1.29 is 9.47 Å². The lowest BCUT2D eigenvalue weighted by molar-refractivity contribution is 0.401. The zero-order chi connectivity index (χ0) is 29.1. The molecule has 0 atom stereocenters. The molecule has 6 aromatic rings. The Kier molecular flexibility index (Phi) is 7.38. The molecule has 0 N–H and O–H groups in total. The van der Waals surface area contributed by atoms with Crippen molar-refractivity contribution in [2.75, 3.05) is 14.2 Å². The molecule has 0 aliphatic carbocycles. The Hall–Kier alpha value is -5.44. The van der Waals surface area contributed by atoms with E-state index in [-0.39, 0.29) is 0 Å². The van der Waals surface area contributed by atoms with Crippen LogP contribution in [0.25, 0.3) is 43.8 Å². The topological polar surface area (TPSA) is 18.5 Å². The third-order valence-electron chi connectivity index (χ3n) is 7.64. The summed E-state index contributed by atoms with van der Waals surface area (Å²) in [6.07, 6.45) is 0. The molecule has 6 rings (SSSR count). The van der Waals surface area contributed by atoms with Crippen LogP contribution in [0.3, 0.4) is 0 Å². The lowest BCUT2D eigenvalue weighted by atomic mass is 9.88. The number of rotatable bonds is 4. The van der Waals surface area contributed by atoms with Crippen molar-refractivity contribution in [2.45, 2.75) is 13.8 Å². The van der Waals surface area contributed by atoms with E-state index in [2.05, 4.69) is 128 Å². The molecule has 0 amide bonds. The van der Waals surface area contributed by atoms with Gasteiger partial charge in [-0.3, -0.25) is 0 Å². The minimum absolute atomic E-state index is 0.661. The number of hydrogen-bond acceptors (Lipinski definition) is 2. The van der Waals surface area contributed by atoms with E-state index in [0.29, 0.717) is 11.5 Å². The van der Waals surface area contributed by atoms with Gasteiger partial charge in [-0.15, -0.1) is 5.92 Å². The zero-order valence-electron chi connectivity index (χ0n) is 24.2. The Morgan fingerprint density at radius 1 is 0.476 bits per heavy atom. The molecule has 0 aromatic heterocycles. The van der Waals surface area contributed by atoms with Crippen molar-refractivity contribution in [1.29, 1.82) is 0 Å². The quantitative estimate of drug-likeness (QED) is 0.207. The first kappa shape index (κ1) is 26.8. The van der Waals surface area contributed by atoms with E-state index in [1.165, 1.54) is 38.2 Å². The number of benzene rings is 6. The highest BCUT2D eigenvalue weighted by molar-refractivity contribution is 6.01. The van der Waals surface area contributed by atoms with Gasteiger partial charge in [0.05, 0.1) is 25.3 Å². The fourth-order valence-electron chi connectivity index (χ4n) is 5.61. The minimum atomic E-state index is 0.661. The Morgan fingerprint density at radius 2 is 0.976 bits per heavy atom. The second-order valence-electron chi connectivity index (χ2n) is 10.1. The zero-order valence-corrected chi connectivity index (χ0v) is 24.2. The average Bonchev–Trinajstić information content (AvgIpc) is 3.03. The Balaban J connectivity index is 1.62. The molecule has 0 fully saturated rings. The van der Waals surface area contributed by atoms with Gasteiger partial charge in [-0.1, -0.05) is 103 Å². The van der Waals surface area contributed by atoms with E-state index in [9.17, 15) is 0 Å². The lowest BCUT2D eigenvalue weighted by Gasteiger charge is -2.16. The molecule has 0 saturated carbocycles. The van der Waals surface area contributed by atoms with E-state index in [1.54, 1.807) is 21.1 Å². The summed E-state index contributed by atoms with van der Waals surface area (Å²) in [6, 6.07) is 38.3. The first-order valence-corrected chi connectivity index (χ1v) is 13.9. The fourth-order valence-corrected chi connectivity index (χ4v) is 5.61. The van der Waals surface area contributed by atoms with Gasteiger partial charge >= 0.3 is 0 Å². The highest BCUT2D eigenvalue weighted by Crippen LogP contribution is 2.38. The highest BCUT2D eigenvalue weighted by atomic mass is 16.5. The summed E-state index contributed by atoms with van der Waals surface area (Å²) in [5.74, 6) is 14.3. The van der Waals surface area contributed by atoms with Gasteiger partial charge in [-0.05, 0) is 75.3 Å². The van der Waals surface area contributed by atoms with Crippen molar-refractivity contribution in [1.82, 2.24) is 0 Å². The summed E-state index contributed by atoms with van der Waals surface area (Å²) in [4.78, 5) is 0. The van der Waals surface area contributed by atoms with Gasteiger partial charge in [0.1, 0.15) is 11.5 Å². The van der Waals surface area contributed by atoms with Gasteiger partial charge in [-0.2, -0.15) is 0 Å². The van der Waals surface area contributed by atoms with Crippen LogP contribution >= 0.6 is 0 Å². The van der Waals surface area contributed by atoms with Crippen molar-refractivity contribution in [3.8, 4) is 57.4 Å². The molecule has 6 aromatic carbocycles. The second-order valence-corrected chi connectivity index (χ2v) is 10.1. The van der Waals surface area contributed by atoms with E-state index < -0.39 is 0 Å². The predicted molar refractivity (Wildman–Crippen MR) is 175 cm³/mol. The van der Waals surface area contributed by atoms with Gasteiger partial charge in [-0.25, -0.2) is 0 Å². The molecule has 2 heteroatoms. The third-order valence-corrected chi connectivity index (χ3v) is 7.64. The summed E-state index contributed by atoms with van der Waals surface area (Å²) < 4.78 is 11.4. The molecule has 0 aliphatic rings. The normalized spacial score (nSPS) is 10.5. The van der Waals surface area contributed by atoms with E-state index in [1.807, 2.05) is 12.1 Å². The molecule has 0 unspecified atom stereocenters. The maximum Gasteiger partial charge on any atom is 0.136 e. The summed E-state index contributed by atoms with van der Waals surface area (Å²) >= 11 is 0. The second kappa shape index (κ2) is 11.6. The SMILES string of the molecule is CC#Cc1cc(OC)c(C#Cc2cc(-c3cccc4ccccc34)c(C)cc2-c2cccc3ccccc23)cc1OC. The van der Waals surface area contributed by atoms with Gasteiger partial charge in [0, 0.05) is 17.7 Å². The largest absolute Gasteiger partial charge is 0.495 e. The summed E-state index contributed by atoms with van der Waals surface area (Å²) in [5, 5.41) is 4.83. The van der Waals surface area contributed by atoms with E-state index in [0.717, 1.165) is 27.8 Å². The molecular formula is C40H30O2. The number of methoxy groups -OCH3 is 2. The number of fused-ring (bicyclic) bond motifs is 2. The van der Waals surface area contributed by atoms with Crippen LogP contribution in [0.1, 0.15) is 29.2 Å². The average molecular weight is 543 g/mol. The van der Waals surface area contributed by atoms with Crippen LogP contribution in [0.4, 0.5) is 0 Å². The molecule has 0 heterocycles. The standard InChI is InChI=1S/C40H30O2/c1-5-12-31-25-40(42-4)32(26-39(31)41-3)22-21-30-24-37(35-19-10-15-28-13-6-8-17-33(28)35)27(2)23-38(30)36-20-11-16-29-14-7-9-18-34(29)36/h6-11,13-20,23-26H,1-4H3. The maximum absolute atomic E-state index is 5.73. The molecular weight excluding hydrogens is 512 g/mol. The van der Waals surface area contributed by atoms with Crippen LogP contribution in [0, 0.1) is 30.6 Å². The Labute approximate surface area is 247 Å². The molecule has 0 saturated heterocycles. The van der Waals surface area contributed by atoms with Gasteiger partial charge in [0.15, 0.2) is 0 Å². The highest BCUT2D eigenvalue weighted by Gasteiger charge is 2.15. The van der Waals surface area contributed by atoms with Crippen molar-refractivity contribution in [2.24, 2.45) is 0 Å². The van der Waals surface area contributed by atoms with Gasteiger partial charge < -0.3 is 9.47 Å². The number of aryl methyl sites for hydroxylation is 1. The van der Waals surface area contributed by atoms with E-state index >= 15 is 0 Å². The first-order chi connectivity index (χ1) is 20.6. The van der Waals surface area contributed by atoms with Crippen LogP contribution in [-0.4, -0.2) is 14.2 Å². The maximum atomic E-state index is 5.73. The summed E-state index contributed by atoms with van der Waals surface area (Å²) in [6.45, 7) is 3.99. The van der Waals surface area contributed by atoms with Crippen LogP contribution in [0.5, 0.6) is 11.5 Å². The number of ether oxygens (including phenoxy) is 2. The molecule has 0 aliphatic heterocycles. The predicted octanol–water partition coefficient (Wildman–Crippen LogP) is 9.42. The van der Waals surface area contributed by atoms with Crippen molar-refractivity contribution in [3.63, 3.8) is 0 Å². The minimum Gasteiger partial charge on any atom is -0.495 e. The van der Waals surface area contributed by atoms with Crippen LogP contribution in [0.15, 0.2) is 109 Å². The van der Waals surface area contributed by atoms with Gasteiger partial charge in [0.25, 0.3) is 0 Å². The molecule has 42 heavy (non-hydrogen) atoms. The summed E-state index contributed by atoms with van der Waals surface area (Å²) in [7, 11) is 3.30. The van der Waals surface area contributed by atoms with Gasteiger partial charge in [0.2, 0.25) is 0 Å². The van der Waals surface area contributed by atoms with Crippen LogP contribution in [0.2, 0.25) is 0 Å². The summed E-state index contributed by atoms with van der Waals surface area (Å²) in [5.41, 5.74) is 8.26. The third kappa shape index (κ3) is 4.96. The molecule has 202 valence electrons. The first-order valence-electron chi connectivity index (χ1n) is 13.9.